The Morgan fingerprint density at radius 3 is 2.41 bits per heavy atom. The fourth-order valence-electron chi connectivity index (χ4n) is 3.51. The molecule has 148 valence electrons. The predicted octanol–water partition coefficient (Wildman–Crippen LogP) is 5.80. The number of aromatic nitrogens is 1. The van der Waals surface area contributed by atoms with Gasteiger partial charge in [-0.3, -0.25) is 4.79 Å². The average molecular weight is 369 g/mol. The van der Waals surface area contributed by atoms with Crippen LogP contribution in [0, 0.1) is 12.8 Å². The van der Waals surface area contributed by atoms with Crippen LogP contribution in [0.5, 0.6) is 0 Å². The van der Waals surface area contributed by atoms with Crippen molar-refractivity contribution >= 4 is 5.91 Å². The molecule has 3 heteroatoms. The third-order valence-corrected chi connectivity index (χ3v) is 5.38. The molecule has 0 saturated carbocycles. The minimum Gasteiger partial charge on any atom is -0.345 e. The Hall–Kier alpha value is -2.03. The van der Waals surface area contributed by atoms with Gasteiger partial charge in [0.1, 0.15) is 0 Å². The second-order valence-corrected chi connectivity index (χ2v) is 7.92. The van der Waals surface area contributed by atoms with Crippen LogP contribution in [0.1, 0.15) is 70.2 Å². The van der Waals surface area contributed by atoms with Crippen LogP contribution in [0.2, 0.25) is 0 Å². The van der Waals surface area contributed by atoms with Crippen LogP contribution in [0.15, 0.2) is 42.6 Å². The number of amides is 1. The van der Waals surface area contributed by atoms with E-state index in [2.05, 4.69) is 86.7 Å². The Morgan fingerprint density at radius 2 is 1.81 bits per heavy atom. The minimum absolute atomic E-state index is 0.146. The normalized spacial score (nSPS) is 12.4. The van der Waals surface area contributed by atoms with Gasteiger partial charge in [-0.05, 0) is 51.3 Å². The molecule has 2 rings (SSSR count). The highest BCUT2D eigenvalue weighted by Crippen LogP contribution is 2.20. The molecule has 1 unspecified atom stereocenters. The summed E-state index contributed by atoms with van der Waals surface area (Å²) in [5.41, 5.74) is 3.76. The van der Waals surface area contributed by atoms with Gasteiger partial charge in [-0.15, -0.1) is 0 Å². The first-order valence-electron chi connectivity index (χ1n) is 10.5. The lowest BCUT2D eigenvalue weighted by Gasteiger charge is -2.31. The van der Waals surface area contributed by atoms with Gasteiger partial charge in [0.15, 0.2) is 0 Å². The first kappa shape index (κ1) is 21.3. The van der Waals surface area contributed by atoms with E-state index in [0.717, 1.165) is 32.2 Å². The molecule has 0 fully saturated rings. The Morgan fingerprint density at radius 1 is 1.11 bits per heavy atom. The molecule has 2 aromatic rings. The number of hydrogen-bond donors (Lipinski definition) is 0. The zero-order valence-corrected chi connectivity index (χ0v) is 17.7. The lowest BCUT2D eigenvalue weighted by atomic mass is 9.97. The number of unbranched alkanes of at least 4 members (excludes halogenated alkanes) is 1. The lowest BCUT2D eigenvalue weighted by molar-refractivity contribution is -0.138. The maximum absolute atomic E-state index is 13.2. The predicted molar refractivity (Wildman–Crippen MR) is 114 cm³/mol. The molecule has 1 aromatic heterocycles. The van der Waals surface area contributed by atoms with Gasteiger partial charge >= 0.3 is 0 Å². The van der Waals surface area contributed by atoms with Crippen molar-refractivity contribution in [1.29, 1.82) is 0 Å². The van der Waals surface area contributed by atoms with Crippen molar-refractivity contribution in [3.63, 3.8) is 0 Å². The number of aryl methyl sites for hydroxylation is 1. The van der Waals surface area contributed by atoms with Crippen molar-refractivity contribution in [3.05, 3.63) is 59.4 Å². The van der Waals surface area contributed by atoms with Gasteiger partial charge in [-0.25, -0.2) is 0 Å². The zero-order valence-electron chi connectivity index (χ0n) is 17.7. The summed E-state index contributed by atoms with van der Waals surface area (Å²) < 4.78 is 2.26. The van der Waals surface area contributed by atoms with Crippen LogP contribution < -0.4 is 0 Å². The van der Waals surface area contributed by atoms with Gasteiger partial charge in [0.05, 0.1) is 6.54 Å². The maximum Gasteiger partial charge on any atom is 0.226 e. The molecule has 0 spiro atoms. The SMILES string of the molecule is CCCCC(CC)C(=O)N(Cc1cccn1Cc1ccc(C)cc1)C(C)C. The molecular formula is C24H36N2O. The minimum atomic E-state index is 0.146. The highest BCUT2D eigenvalue weighted by atomic mass is 16.2. The van der Waals surface area contributed by atoms with Crippen molar-refractivity contribution in [1.82, 2.24) is 9.47 Å². The Balaban J connectivity index is 2.13. The van der Waals surface area contributed by atoms with E-state index < -0.39 is 0 Å². The summed E-state index contributed by atoms with van der Waals surface area (Å²) in [4.78, 5) is 15.2. The molecule has 0 aliphatic heterocycles. The molecule has 0 radical (unpaired) electrons. The van der Waals surface area contributed by atoms with Crippen molar-refractivity contribution in [2.45, 2.75) is 79.4 Å². The van der Waals surface area contributed by atoms with Crippen molar-refractivity contribution in [2.75, 3.05) is 0 Å². The summed E-state index contributed by atoms with van der Waals surface area (Å²) in [5, 5.41) is 0. The molecule has 1 atom stereocenters. The molecule has 3 nitrogen and oxygen atoms in total. The zero-order chi connectivity index (χ0) is 19.8. The van der Waals surface area contributed by atoms with Crippen LogP contribution in [0.25, 0.3) is 0 Å². The molecular weight excluding hydrogens is 332 g/mol. The van der Waals surface area contributed by atoms with Gasteiger partial charge in [-0.2, -0.15) is 0 Å². The smallest absolute Gasteiger partial charge is 0.226 e. The number of carbonyl (C=O) groups is 1. The van der Waals surface area contributed by atoms with E-state index >= 15 is 0 Å². The Labute approximate surface area is 165 Å². The van der Waals surface area contributed by atoms with E-state index in [-0.39, 0.29) is 12.0 Å². The molecule has 0 N–H and O–H groups in total. The van der Waals surface area contributed by atoms with E-state index in [1.165, 1.54) is 16.8 Å². The summed E-state index contributed by atoms with van der Waals surface area (Å²) >= 11 is 0. The average Bonchev–Trinajstić information content (AvgIpc) is 3.08. The first-order valence-corrected chi connectivity index (χ1v) is 10.5. The van der Waals surface area contributed by atoms with Gasteiger partial charge < -0.3 is 9.47 Å². The molecule has 1 heterocycles. The Kier molecular flexibility index (Phi) is 8.15. The molecule has 0 aliphatic rings. The van der Waals surface area contributed by atoms with E-state index in [4.69, 9.17) is 0 Å². The van der Waals surface area contributed by atoms with Gasteiger partial charge in [-0.1, -0.05) is 56.5 Å². The first-order chi connectivity index (χ1) is 13.0. The molecule has 0 aliphatic carbocycles. The van der Waals surface area contributed by atoms with Crippen molar-refractivity contribution in [3.8, 4) is 0 Å². The van der Waals surface area contributed by atoms with Crippen LogP contribution in [0.4, 0.5) is 0 Å². The summed E-state index contributed by atoms with van der Waals surface area (Å²) in [6, 6.07) is 13.1. The maximum atomic E-state index is 13.2. The highest BCUT2D eigenvalue weighted by molar-refractivity contribution is 5.79. The van der Waals surface area contributed by atoms with Gasteiger partial charge in [0, 0.05) is 30.4 Å². The van der Waals surface area contributed by atoms with Gasteiger partial charge in [0.25, 0.3) is 0 Å². The summed E-state index contributed by atoms with van der Waals surface area (Å²) in [7, 11) is 0. The van der Waals surface area contributed by atoms with E-state index in [1.54, 1.807) is 0 Å². The van der Waals surface area contributed by atoms with Crippen molar-refractivity contribution in [2.24, 2.45) is 5.92 Å². The van der Waals surface area contributed by atoms with E-state index in [9.17, 15) is 4.79 Å². The second-order valence-electron chi connectivity index (χ2n) is 7.92. The topological polar surface area (TPSA) is 25.2 Å². The third-order valence-electron chi connectivity index (χ3n) is 5.38. The molecule has 1 aromatic carbocycles. The van der Waals surface area contributed by atoms with Crippen LogP contribution in [-0.4, -0.2) is 21.4 Å². The fraction of sp³-hybridized carbons (Fsp3) is 0.542. The molecule has 0 bridgehead atoms. The number of nitrogens with zero attached hydrogens (tertiary/aromatic N) is 2. The summed E-state index contributed by atoms with van der Waals surface area (Å²) in [6.45, 7) is 12.2. The van der Waals surface area contributed by atoms with Crippen LogP contribution >= 0.6 is 0 Å². The summed E-state index contributed by atoms with van der Waals surface area (Å²) in [6.07, 6.45) is 6.31. The molecule has 0 saturated heterocycles. The summed E-state index contributed by atoms with van der Waals surface area (Å²) in [5.74, 6) is 0.455. The monoisotopic (exact) mass is 368 g/mol. The fourth-order valence-corrected chi connectivity index (χ4v) is 3.51. The van der Waals surface area contributed by atoms with Crippen LogP contribution in [0.3, 0.4) is 0 Å². The number of carbonyl (C=O) groups excluding carboxylic acids is 1. The van der Waals surface area contributed by atoms with Gasteiger partial charge in [0.2, 0.25) is 5.91 Å². The van der Waals surface area contributed by atoms with Crippen LogP contribution in [-0.2, 0) is 17.9 Å². The standard InChI is InChI=1S/C24H36N2O/c1-6-8-10-22(7-2)24(27)26(19(3)4)18-23-11-9-16-25(23)17-21-14-12-20(5)13-15-21/h9,11-16,19,22H,6-8,10,17-18H2,1-5H3. The lowest BCUT2D eigenvalue weighted by Crippen LogP contribution is -2.40. The number of rotatable bonds is 10. The molecule has 27 heavy (non-hydrogen) atoms. The quantitative estimate of drug-likeness (QED) is 0.520. The largest absolute Gasteiger partial charge is 0.345 e. The number of hydrogen-bond acceptors (Lipinski definition) is 1. The second kappa shape index (κ2) is 10.3. The van der Waals surface area contributed by atoms with E-state index in [0.29, 0.717) is 12.5 Å². The Bertz CT molecular complexity index is 699. The van der Waals surface area contributed by atoms with E-state index in [1.807, 2.05) is 0 Å². The third kappa shape index (κ3) is 5.98. The van der Waals surface area contributed by atoms with Crippen molar-refractivity contribution < 1.29 is 4.79 Å². The highest BCUT2D eigenvalue weighted by Gasteiger charge is 2.25. The number of benzene rings is 1. The molecule has 1 amide bonds.